The number of rotatable bonds is 49. The van der Waals surface area contributed by atoms with E-state index in [9.17, 15) is 19.0 Å². The molecule has 0 heterocycles. The van der Waals surface area contributed by atoms with E-state index in [4.69, 9.17) is 18.5 Å². The third kappa shape index (κ3) is 51.1. The minimum absolute atomic E-state index is 0.0326. The van der Waals surface area contributed by atoms with Gasteiger partial charge in [-0.05, 0) is 77.0 Å². The first-order valence-electron chi connectivity index (χ1n) is 27.0. The summed E-state index contributed by atoms with van der Waals surface area (Å²) >= 11 is 0. The highest BCUT2D eigenvalue weighted by Crippen LogP contribution is 2.38. The number of nitrogens with zero attached hydrogens (tertiary/aromatic N) is 1. The first-order valence-corrected chi connectivity index (χ1v) is 28.5. The molecule has 0 aromatic heterocycles. The van der Waals surface area contributed by atoms with Crippen molar-refractivity contribution >= 4 is 19.8 Å². The zero-order valence-corrected chi connectivity index (χ0v) is 44.3. The quantitative estimate of drug-likeness (QED) is 0.0195. The SMILES string of the molecule is CC/C=C\C/C=C\C/C=C\C/C=C\CCCCCCCCCCCCCCCCCCC(=O)OC(COC(=O)CCCCCCC/C=C\CCCCCC)COP(=O)([O-])OCC[N+](C)(C)C. The number of likely N-dealkylation sites (N-methyl/N-ethyl adjacent to an activating group) is 1. The molecule has 0 bridgehead atoms. The van der Waals surface area contributed by atoms with E-state index in [0.717, 1.165) is 83.5 Å². The summed E-state index contributed by atoms with van der Waals surface area (Å²) in [5, 5.41) is 0. The molecule has 0 saturated carbocycles. The topological polar surface area (TPSA) is 111 Å². The molecule has 0 saturated heterocycles. The highest BCUT2D eigenvalue weighted by atomic mass is 31.2. The van der Waals surface area contributed by atoms with Crippen LogP contribution in [0.1, 0.15) is 232 Å². The molecule has 2 atom stereocenters. The standard InChI is InChI=1S/C56H102NO8P/c1-6-8-10-12-14-16-18-20-21-22-23-24-25-26-27-28-29-30-31-32-33-34-35-37-39-41-43-45-47-49-56(59)65-54(53-64-66(60,61)63-51-50-57(3,4)5)52-62-55(58)48-46-44-42-40-38-36-19-17-15-13-11-9-7-2/h8,10,14,16-17,19-21,23-24,54H,6-7,9,11-13,15,18,22,25-53H2,1-5H3/b10-8-,16-14-,19-17-,21-20-,24-23-. The van der Waals surface area contributed by atoms with E-state index in [0.29, 0.717) is 17.4 Å². The second kappa shape index (κ2) is 47.8. The number of esters is 2. The van der Waals surface area contributed by atoms with E-state index in [1.165, 1.54) is 116 Å². The summed E-state index contributed by atoms with van der Waals surface area (Å²) < 4.78 is 34.0. The average molecular weight is 948 g/mol. The summed E-state index contributed by atoms with van der Waals surface area (Å²) in [5.41, 5.74) is 0. The van der Waals surface area contributed by atoms with Gasteiger partial charge in [-0.2, -0.15) is 0 Å². The van der Waals surface area contributed by atoms with Crippen LogP contribution in [0.2, 0.25) is 0 Å². The normalized spacial score (nSPS) is 13.8. The van der Waals surface area contributed by atoms with Gasteiger partial charge in [0.25, 0.3) is 7.82 Å². The molecule has 9 nitrogen and oxygen atoms in total. The minimum Gasteiger partial charge on any atom is -0.756 e. The van der Waals surface area contributed by atoms with Crippen molar-refractivity contribution in [2.45, 2.75) is 238 Å². The van der Waals surface area contributed by atoms with Crippen LogP contribution in [-0.4, -0.2) is 70.0 Å². The Morgan fingerprint density at radius 1 is 0.485 bits per heavy atom. The van der Waals surface area contributed by atoms with E-state index in [-0.39, 0.29) is 26.1 Å². The van der Waals surface area contributed by atoms with E-state index < -0.39 is 32.5 Å². The van der Waals surface area contributed by atoms with Crippen molar-refractivity contribution in [2.24, 2.45) is 0 Å². The largest absolute Gasteiger partial charge is 0.756 e. The van der Waals surface area contributed by atoms with E-state index >= 15 is 0 Å². The summed E-state index contributed by atoms with van der Waals surface area (Å²) in [4.78, 5) is 37.7. The van der Waals surface area contributed by atoms with Gasteiger partial charge in [-0.25, -0.2) is 0 Å². The van der Waals surface area contributed by atoms with Crippen molar-refractivity contribution in [2.75, 3.05) is 47.5 Å². The second-order valence-electron chi connectivity index (χ2n) is 19.2. The fourth-order valence-corrected chi connectivity index (χ4v) is 8.08. The highest BCUT2D eigenvalue weighted by molar-refractivity contribution is 7.45. The number of carbonyl (C=O) groups excluding carboxylic acids is 2. The number of hydrogen-bond acceptors (Lipinski definition) is 8. The molecule has 0 spiro atoms. The van der Waals surface area contributed by atoms with Gasteiger partial charge in [-0.1, -0.05) is 203 Å². The maximum atomic E-state index is 12.8. The number of ether oxygens (including phenoxy) is 2. The van der Waals surface area contributed by atoms with Crippen LogP contribution in [0.5, 0.6) is 0 Å². The molecular weight excluding hydrogens is 846 g/mol. The number of quaternary nitrogens is 1. The number of unbranched alkanes of at least 4 members (excludes halogenated alkanes) is 25. The zero-order valence-electron chi connectivity index (χ0n) is 43.4. The summed E-state index contributed by atoms with van der Waals surface area (Å²) in [6.45, 7) is 4.11. The van der Waals surface area contributed by atoms with Gasteiger partial charge in [0.05, 0.1) is 27.7 Å². The fourth-order valence-electron chi connectivity index (χ4n) is 7.35. The third-order valence-electron chi connectivity index (χ3n) is 11.5. The summed E-state index contributed by atoms with van der Waals surface area (Å²) in [5.74, 6) is -0.840. The third-order valence-corrected chi connectivity index (χ3v) is 12.5. The van der Waals surface area contributed by atoms with Gasteiger partial charge < -0.3 is 27.9 Å². The summed E-state index contributed by atoms with van der Waals surface area (Å²) in [6, 6.07) is 0. The van der Waals surface area contributed by atoms with Crippen molar-refractivity contribution in [3.63, 3.8) is 0 Å². The first kappa shape index (κ1) is 63.7. The lowest BCUT2D eigenvalue weighted by molar-refractivity contribution is -0.870. The van der Waals surface area contributed by atoms with Crippen LogP contribution in [0.3, 0.4) is 0 Å². The van der Waals surface area contributed by atoms with Gasteiger partial charge >= 0.3 is 11.9 Å². The Balaban J connectivity index is 4.10. The van der Waals surface area contributed by atoms with Crippen molar-refractivity contribution in [1.82, 2.24) is 0 Å². The van der Waals surface area contributed by atoms with Crippen molar-refractivity contribution < 1.29 is 42.1 Å². The highest BCUT2D eigenvalue weighted by Gasteiger charge is 2.21. The minimum atomic E-state index is -4.63. The van der Waals surface area contributed by atoms with Crippen molar-refractivity contribution in [3.8, 4) is 0 Å². The summed E-state index contributed by atoms with van der Waals surface area (Å²) in [6.07, 6.45) is 59.8. The predicted octanol–water partition coefficient (Wildman–Crippen LogP) is 15.7. The second-order valence-corrected chi connectivity index (χ2v) is 20.6. The molecule has 0 aromatic rings. The monoisotopic (exact) mass is 948 g/mol. The molecule has 2 unspecified atom stereocenters. The van der Waals surface area contributed by atoms with E-state index in [1.807, 2.05) is 21.1 Å². The van der Waals surface area contributed by atoms with Crippen LogP contribution in [0, 0.1) is 0 Å². The van der Waals surface area contributed by atoms with Crippen LogP contribution in [0.4, 0.5) is 0 Å². The molecular formula is C56H102NO8P. The van der Waals surface area contributed by atoms with Gasteiger partial charge in [0.2, 0.25) is 0 Å². The molecule has 0 aliphatic carbocycles. The molecule has 0 aliphatic heterocycles. The smallest absolute Gasteiger partial charge is 0.306 e. The molecule has 0 radical (unpaired) electrons. The Kier molecular flexibility index (Phi) is 46.1. The molecule has 10 heteroatoms. The fraction of sp³-hybridized carbons (Fsp3) is 0.786. The van der Waals surface area contributed by atoms with Crippen LogP contribution in [0.25, 0.3) is 0 Å². The maximum absolute atomic E-state index is 12.8. The molecule has 0 N–H and O–H groups in total. The van der Waals surface area contributed by atoms with Crippen LogP contribution < -0.4 is 4.89 Å². The molecule has 384 valence electrons. The molecule has 0 rings (SSSR count). The Hall–Kier alpha value is -2.29. The number of carbonyl (C=O) groups is 2. The Morgan fingerprint density at radius 3 is 1.30 bits per heavy atom. The number of phosphoric ester groups is 1. The molecule has 66 heavy (non-hydrogen) atoms. The Labute approximate surface area is 406 Å². The number of allylic oxidation sites excluding steroid dienone is 10. The van der Waals surface area contributed by atoms with Crippen LogP contribution in [0.15, 0.2) is 60.8 Å². The summed E-state index contributed by atoms with van der Waals surface area (Å²) in [7, 11) is 1.16. The molecule has 0 aromatic carbocycles. The lowest BCUT2D eigenvalue weighted by Gasteiger charge is -2.28. The Bertz CT molecular complexity index is 1300. The lowest BCUT2D eigenvalue weighted by Crippen LogP contribution is -2.37. The van der Waals surface area contributed by atoms with Gasteiger partial charge in [0, 0.05) is 12.8 Å². The zero-order chi connectivity index (χ0) is 48.5. The van der Waals surface area contributed by atoms with Crippen molar-refractivity contribution in [3.05, 3.63) is 60.8 Å². The number of phosphoric acid groups is 1. The van der Waals surface area contributed by atoms with E-state index in [1.54, 1.807) is 0 Å². The van der Waals surface area contributed by atoms with E-state index in [2.05, 4.69) is 74.6 Å². The van der Waals surface area contributed by atoms with Crippen LogP contribution in [-0.2, 0) is 32.7 Å². The molecule has 0 aliphatic rings. The molecule has 0 fully saturated rings. The van der Waals surface area contributed by atoms with Gasteiger partial charge in [0.1, 0.15) is 19.8 Å². The average Bonchev–Trinajstić information content (AvgIpc) is 3.27. The van der Waals surface area contributed by atoms with Crippen LogP contribution >= 0.6 is 7.82 Å². The maximum Gasteiger partial charge on any atom is 0.306 e. The van der Waals surface area contributed by atoms with Crippen molar-refractivity contribution in [1.29, 1.82) is 0 Å². The van der Waals surface area contributed by atoms with Gasteiger partial charge in [-0.15, -0.1) is 0 Å². The lowest BCUT2D eigenvalue weighted by atomic mass is 10.0. The Morgan fingerprint density at radius 2 is 0.864 bits per heavy atom. The number of hydrogen-bond donors (Lipinski definition) is 0. The predicted molar refractivity (Wildman–Crippen MR) is 277 cm³/mol. The first-order chi connectivity index (χ1) is 32.0. The molecule has 0 amide bonds. The van der Waals surface area contributed by atoms with Gasteiger partial charge in [-0.3, -0.25) is 14.2 Å². The van der Waals surface area contributed by atoms with Gasteiger partial charge in [0.15, 0.2) is 6.10 Å².